The lowest BCUT2D eigenvalue weighted by molar-refractivity contribution is -0.849. The molecule has 4 atom stereocenters. The maximum absolute atomic E-state index is 14.1. The third-order valence-corrected chi connectivity index (χ3v) is 8.81. The molecule has 3 aliphatic heterocycles. The maximum atomic E-state index is 14.1. The van der Waals surface area contributed by atoms with Gasteiger partial charge in [0.25, 0.3) is 5.91 Å². The summed E-state index contributed by atoms with van der Waals surface area (Å²) in [6.45, 7) is 2.42. The first-order chi connectivity index (χ1) is 19.0. The molecule has 2 aromatic rings. The van der Waals surface area contributed by atoms with E-state index >= 15 is 0 Å². The van der Waals surface area contributed by atoms with Gasteiger partial charge in [0.05, 0.1) is 25.3 Å². The van der Waals surface area contributed by atoms with Crippen molar-refractivity contribution >= 4 is 30.3 Å². The van der Waals surface area contributed by atoms with Crippen molar-refractivity contribution in [1.29, 1.82) is 0 Å². The van der Waals surface area contributed by atoms with Crippen molar-refractivity contribution in [3.8, 4) is 0 Å². The summed E-state index contributed by atoms with van der Waals surface area (Å²) in [6, 6.07) is 7.40. The Bertz CT molecular complexity index is 1260. The Labute approximate surface area is 233 Å². The Morgan fingerprint density at radius 2 is 1.75 bits per heavy atom. The highest BCUT2D eigenvalue weighted by atomic mass is 16.7. The first-order valence-electron chi connectivity index (χ1n) is 13.8. The molecule has 3 fully saturated rings. The van der Waals surface area contributed by atoms with Gasteiger partial charge in [-0.1, -0.05) is 50.6 Å². The van der Waals surface area contributed by atoms with Crippen LogP contribution in [0.4, 0.5) is 0 Å². The fourth-order valence-corrected chi connectivity index (χ4v) is 6.88. The predicted molar refractivity (Wildman–Crippen MR) is 145 cm³/mol. The van der Waals surface area contributed by atoms with E-state index in [9.17, 15) is 19.2 Å². The number of aromatic nitrogens is 2. The van der Waals surface area contributed by atoms with Crippen LogP contribution in [0.2, 0.25) is 5.82 Å². The van der Waals surface area contributed by atoms with E-state index in [-0.39, 0.29) is 34.6 Å². The number of benzene rings is 1. The number of nitrogens with one attached hydrogen (secondary N) is 1. The van der Waals surface area contributed by atoms with Crippen LogP contribution < -0.4 is 5.32 Å². The number of hydrogen-bond donors (Lipinski definition) is 1. The number of quaternary nitrogens is 1. The minimum absolute atomic E-state index is 0.0277. The summed E-state index contributed by atoms with van der Waals surface area (Å²) < 4.78 is 12.2. The predicted octanol–water partition coefficient (Wildman–Crippen LogP) is 1.37. The van der Waals surface area contributed by atoms with Gasteiger partial charge in [-0.05, 0) is 37.2 Å². The average molecular weight is 549 g/mol. The van der Waals surface area contributed by atoms with Crippen LogP contribution >= 0.6 is 0 Å². The molecule has 0 bridgehead atoms. The van der Waals surface area contributed by atoms with Crippen molar-refractivity contribution in [3.05, 3.63) is 60.2 Å². The molecule has 1 aromatic carbocycles. The molecule has 12 heteroatoms. The second kappa shape index (κ2) is 10.7. The summed E-state index contributed by atoms with van der Waals surface area (Å²) in [6.07, 6.45) is 4.97. The van der Waals surface area contributed by atoms with Gasteiger partial charge in [-0.3, -0.25) is 19.5 Å². The van der Waals surface area contributed by atoms with Crippen molar-refractivity contribution in [3.63, 3.8) is 0 Å². The van der Waals surface area contributed by atoms with Crippen molar-refractivity contribution in [2.45, 2.75) is 57.1 Å². The molecular formula is C28H36BN5O6. The van der Waals surface area contributed by atoms with E-state index in [2.05, 4.69) is 15.3 Å². The largest absolute Gasteiger partial charge is 0.600 e. The fraction of sp³-hybridized carbons (Fsp3) is 0.500. The van der Waals surface area contributed by atoms with E-state index in [0.29, 0.717) is 19.5 Å². The highest BCUT2D eigenvalue weighted by Crippen LogP contribution is 2.52. The molecule has 0 radical (unpaired) electrons. The van der Waals surface area contributed by atoms with E-state index in [4.69, 9.17) is 9.31 Å². The van der Waals surface area contributed by atoms with Gasteiger partial charge in [0.1, 0.15) is 5.69 Å². The molecule has 3 saturated heterocycles. The van der Waals surface area contributed by atoms with Crippen LogP contribution in [-0.2, 0) is 30.1 Å². The van der Waals surface area contributed by atoms with Crippen LogP contribution in [-0.4, -0.2) is 94.9 Å². The number of piperazine rings is 1. The molecule has 1 N–H and O–H groups in total. The molecule has 11 nitrogen and oxygen atoms in total. The standard InChI is InChI=1S/C28H36BN5O6/c1-18(2)12-20(29-34(4)23(27(37)39-29)16-33(3)17-24(34)28(38)40-29)14-25(35)21(13-19-8-6-5-7-9-19)32-26(36)22-15-30-10-11-31-22/h5-11,15,18,20-21,23-24H,12-14,16-17H2,1-4H3,(H,32,36)/t20-,21+,23-,24-,29?,34?/m1/s1. The Balaban J connectivity index is 1.47. The summed E-state index contributed by atoms with van der Waals surface area (Å²) in [7, 11) is 3.74. The number of ketones is 1. The molecule has 0 saturated carbocycles. The molecule has 212 valence electrons. The number of amides is 1. The van der Waals surface area contributed by atoms with E-state index in [0.717, 1.165) is 5.56 Å². The molecule has 40 heavy (non-hydrogen) atoms. The first-order valence-corrected chi connectivity index (χ1v) is 13.8. The summed E-state index contributed by atoms with van der Waals surface area (Å²) >= 11 is 0. The van der Waals surface area contributed by atoms with Gasteiger partial charge in [-0.2, -0.15) is 0 Å². The first kappa shape index (κ1) is 27.9. The molecule has 3 aliphatic rings. The number of carbonyl (C=O) groups excluding carboxylic acids is 4. The van der Waals surface area contributed by atoms with Crippen LogP contribution in [0, 0.1) is 5.92 Å². The van der Waals surface area contributed by atoms with Gasteiger partial charge in [0.15, 0.2) is 17.9 Å². The topological polar surface area (TPSA) is 128 Å². The molecule has 0 aliphatic carbocycles. The molecule has 1 amide bonds. The van der Waals surface area contributed by atoms with E-state index in [1.807, 2.05) is 63.2 Å². The van der Waals surface area contributed by atoms with E-state index in [1.54, 1.807) is 0 Å². The SMILES string of the molecule is CC(C)C[C@H](CC(=O)[C@H](Cc1ccccc1)NC(=O)c1cnccn1)[B-]12OC(=O)[C@H]3CN(C)C[C@H](C(=O)O1)[N+]32C. The lowest BCUT2D eigenvalue weighted by atomic mass is 9.51. The lowest BCUT2D eigenvalue weighted by Gasteiger charge is -2.53. The lowest BCUT2D eigenvalue weighted by Crippen LogP contribution is -2.74. The number of hydrogen-bond acceptors (Lipinski definition) is 9. The maximum Gasteiger partial charge on any atom is 0.587 e. The zero-order valence-corrected chi connectivity index (χ0v) is 23.4. The minimum Gasteiger partial charge on any atom is -0.600 e. The quantitative estimate of drug-likeness (QED) is 0.437. The number of rotatable bonds is 10. The smallest absolute Gasteiger partial charge is 0.587 e. The summed E-state index contributed by atoms with van der Waals surface area (Å²) in [5, 5.41) is 2.85. The van der Waals surface area contributed by atoms with Crippen LogP contribution in [0.1, 0.15) is 42.7 Å². The van der Waals surface area contributed by atoms with Gasteiger partial charge < -0.3 is 19.0 Å². The Morgan fingerprint density at radius 3 is 2.33 bits per heavy atom. The minimum atomic E-state index is -2.51. The van der Waals surface area contributed by atoms with Crippen molar-refractivity contribution in [2.75, 3.05) is 27.2 Å². The zero-order chi connectivity index (χ0) is 28.7. The molecule has 4 heterocycles. The highest BCUT2D eigenvalue weighted by Gasteiger charge is 2.77. The third kappa shape index (κ3) is 4.79. The van der Waals surface area contributed by atoms with Crippen molar-refractivity contribution in [2.24, 2.45) is 5.92 Å². The number of nitrogens with zero attached hydrogens (tertiary/aromatic N) is 4. The van der Waals surface area contributed by atoms with E-state index in [1.165, 1.54) is 18.6 Å². The second-order valence-corrected chi connectivity index (χ2v) is 11.9. The average Bonchev–Trinajstić information content (AvgIpc) is 3.28. The Morgan fingerprint density at radius 1 is 1.10 bits per heavy atom. The van der Waals surface area contributed by atoms with Crippen LogP contribution in [0.5, 0.6) is 0 Å². The number of likely N-dealkylation sites (N-methyl/N-ethyl adjacent to an activating group) is 2. The molecule has 0 unspecified atom stereocenters. The monoisotopic (exact) mass is 549 g/mol. The van der Waals surface area contributed by atoms with Crippen LogP contribution in [0.25, 0.3) is 0 Å². The summed E-state index contributed by atoms with van der Waals surface area (Å²) in [5.41, 5.74) is 0.979. The Kier molecular flexibility index (Phi) is 7.49. The van der Waals surface area contributed by atoms with Crippen LogP contribution in [0.3, 0.4) is 0 Å². The Hall–Kier alpha value is -3.64. The van der Waals surface area contributed by atoms with Gasteiger partial charge >= 0.3 is 18.6 Å². The van der Waals surface area contributed by atoms with Crippen LogP contribution in [0.15, 0.2) is 48.9 Å². The fourth-order valence-electron chi connectivity index (χ4n) is 6.88. The van der Waals surface area contributed by atoms with Gasteiger partial charge in [-0.25, -0.2) is 14.6 Å². The zero-order valence-electron chi connectivity index (χ0n) is 23.4. The normalized spacial score (nSPS) is 28.9. The molecular weight excluding hydrogens is 513 g/mol. The summed E-state index contributed by atoms with van der Waals surface area (Å²) in [5.74, 6) is -1.96. The third-order valence-electron chi connectivity index (χ3n) is 8.81. The van der Waals surface area contributed by atoms with Crippen molar-refractivity contribution < 1.29 is 32.9 Å². The molecule has 1 aromatic heterocycles. The number of Topliss-reactive ketones (excluding diaryl/α,β-unsaturated/α-hetero) is 1. The number of carbonyl (C=O) groups is 4. The van der Waals surface area contributed by atoms with Gasteiger partial charge in [-0.15, -0.1) is 0 Å². The van der Waals surface area contributed by atoms with Gasteiger partial charge in [0, 0.05) is 19.4 Å². The van der Waals surface area contributed by atoms with E-state index < -0.39 is 48.5 Å². The second-order valence-electron chi connectivity index (χ2n) is 11.9. The summed E-state index contributed by atoms with van der Waals surface area (Å²) in [4.78, 5) is 63.5. The molecule has 5 rings (SSSR count). The highest BCUT2D eigenvalue weighted by molar-refractivity contribution is 6.68. The van der Waals surface area contributed by atoms with Gasteiger partial charge in [0.2, 0.25) is 0 Å². The van der Waals surface area contributed by atoms with Crippen molar-refractivity contribution in [1.82, 2.24) is 20.2 Å². The molecule has 0 spiro atoms.